The van der Waals surface area contributed by atoms with Crippen molar-refractivity contribution in [2.24, 2.45) is 5.73 Å². The van der Waals surface area contributed by atoms with Crippen molar-refractivity contribution in [1.29, 1.82) is 0 Å². The summed E-state index contributed by atoms with van der Waals surface area (Å²) in [5.74, 6) is -0.587. The number of rotatable bonds is 2. The number of halogens is 3. The first-order chi connectivity index (χ1) is 4.74. The predicted molar refractivity (Wildman–Crippen MR) is 34.4 cm³/mol. The van der Waals surface area contributed by atoms with Crippen molar-refractivity contribution in [2.75, 3.05) is 0 Å². The highest BCUT2D eigenvalue weighted by Gasteiger charge is 2.14. The molecular weight excluding hydrogens is 180 g/mol. The van der Waals surface area contributed by atoms with Gasteiger partial charge in [-0.15, -0.1) is 12.4 Å². The molecule has 0 spiro atoms. The quantitative estimate of drug-likeness (QED) is 0.743. The van der Waals surface area contributed by atoms with Gasteiger partial charge in [-0.05, 0) is 0 Å². The van der Waals surface area contributed by atoms with Crippen molar-refractivity contribution < 1.29 is 13.3 Å². The zero-order chi connectivity index (χ0) is 7.56. The van der Waals surface area contributed by atoms with Crippen LogP contribution < -0.4 is 5.73 Å². The van der Waals surface area contributed by atoms with Crippen LogP contribution in [0.2, 0.25) is 0 Å². The van der Waals surface area contributed by atoms with Gasteiger partial charge in [0.25, 0.3) is 5.89 Å². The second-order valence-electron chi connectivity index (χ2n) is 1.55. The first-order valence-corrected chi connectivity index (χ1v) is 2.54. The summed E-state index contributed by atoms with van der Waals surface area (Å²) in [4.78, 5) is 3.28. The fourth-order valence-corrected chi connectivity index (χ4v) is 0.439. The number of aromatic nitrogens is 2. The van der Waals surface area contributed by atoms with Gasteiger partial charge in [-0.1, -0.05) is 5.16 Å². The Balaban J connectivity index is 0.000001000. The average Bonchev–Trinajstić information content (AvgIpc) is 2.34. The molecule has 0 fully saturated rings. The van der Waals surface area contributed by atoms with Crippen molar-refractivity contribution in [3.8, 4) is 0 Å². The highest BCUT2D eigenvalue weighted by Crippen LogP contribution is 2.14. The van der Waals surface area contributed by atoms with Crippen molar-refractivity contribution in [2.45, 2.75) is 13.0 Å². The fourth-order valence-electron chi connectivity index (χ4n) is 0.439. The molecule has 64 valence electrons. The third-order valence-corrected chi connectivity index (χ3v) is 0.853. The van der Waals surface area contributed by atoms with E-state index >= 15 is 0 Å². The van der Waals surface area contributed by atoms with Crippen molar-refractivity contribution >= 4 is 12.4 Å². The number of hydrogen-bond donors (Lipinski definition) is 1. The molecule has 1 rings (SSSR count). The molecule has 4 nitrogen and oxygen atoms in total. The lowest BCUT2D eigenvalue weighted by atomic mass is 10.6. The van der Waals surface area contributed by atoms with E-state index in [1.165, 1.54) is 0 Å². The molecule has 0 bridgehead atoms. The Labute approximate surface area is 67.2 Å². The lowest BCUT2D eigenvalue weighted by Gasteiger charge is -1.84. The first kappa shape index (κ1) is 10.2. The Morgan fingerprint density at radius 1 is 1.55 bits per heavy atom. The zero-order valence-electron chi connectivity index (χ0n) is 5.33. The summed E-state index contributed by atoms with van der Waals surface area (Å²) in [5, 5.41) is 3.16. The smallest absolute Gasteiger partial charge is 0.315 e. The van der Waals surface area contributed by atoms with Gasteiger partial charge >= 0.3 is 6.43 Å². The summed E-state index contributed by atoms with van der Waals surface area (Å²) < 4.78 is 27.5. The van der Waals surface area contributed by atoms with E-state index in [2.05, 4.69) is 14.7 Å². The Morgan fingerprint density at radius 2 is 2.18 bits per heavy atom. The van der Waals surface area contributed by atoms with Gasteiger partial charge in [0.15, 0.2) is 5.82 Å². The van der Waals surface area contributed by atoms with Crippen LogP contribution in [-0.4, -0.2) is 10.1 Å². The zero-order valence-corrected chi connectivity index (χ0v) is 6.15. The molecular formula is C4H6ClF2N3O. The summed E-state index contributed by atoms with van der Waals surface area (Å²) in [6.07, 6.45) is -2.72. The maximum absolute atomic E-state index is 11.7. The van der Waals surface area contributed by atoms with E-state index < -0.39 is 12.3 Å². The van der Waals surface area contributed by atoms with Crippen LogP contribution >= 0.6 is 12.4 Å². The molecule has 1 heterocycles. The van der Waals surface area contributed by atoms with Gasteiger partial charge in [0.05, 0.1) is 6.54 Å². The van der Waals surface area contributed by atoms with Crippen LogP contribution in [0.5, 0.6) is 0 Å². The van der Waals surface area contributed by atoms with Gasteiger partial charge in [-0.25, -0.2) is 0 Å². The molecule has 0 saturated carbocycles. The fraction of sp³-hybridized carbons (Fsp3) is 0.500. The van der Waals surface area contributed by atoms with E-state index in [0.717, 1.165) is 0 Å². The molecule has 0 aromatic carbocycles. The van der Waals surface area contributed by atoms with Crippen molar-refractivity contribution in [1.82, 2.24) is 10.1 Å². The minimum Gasteiger partial charge on any atom is -0.333 e. The van der Waals surface area contributed by atoms with Crippen molar-refractivity contribution in [3.63, 3.8) is 0 Å². The highest BCUT2D eigenvalue weighted by molar-refractivity contribution is 5.85. The molecule has 7 heteroatoms. The third-order valence-electron chi connectivity index (χ3n) is 0.853. The summed E-state index contributed by atoms with van der Waals surface area (Å²) >= 11 is 0. The molecule has 0 unspecified atom stereocenters. The molecule has 1 aromatic heterocycles. The number of nitrogens with zero attached hydrogens (tertiary/aromatic N) is 2. The van der Waals surface area contributed by atoms with E-state index in [-0.39, 0.29) is 24.8 Å². The van der Waals surface area contributed by atoms with E-state index in [9.17, 15) is 8.78 Å². The first-order valence-electron chi connectivity index (χ1n) is 2.54. The van der Waals surface area contributed by atoms with E-state index in [1.54, 1.807) is 0 Å². The maximum Gasteiger partial charge on any atom is 0.315 e. The highest BCUT2D eigenvalue weighted by atomic mass is 35.5. The minimum absolute atomic E-state index is 0. The summed E-state index contributed by atoms with van der Waals surface area (Å²) in [5.41, 5.74) is 5.03. The van der Waals surface area contributed by atoms with E-state index in [0.29, 0.717) is 0 Å². The Bertz CT molecular complexity index is 217. The summed E-state index contributed by atoms with van der Waals surface area (Å²) in [6, 6.07) is 0. The Morgan fingerprint density at radius 3 is 2.45 bits per heavy atom. The van der Waals surface area contributed by atoms with E-state index in [4.69, 9.17) is 5.73 Å². The number of nitrogens with two attached hydrogens (primary N) is 1. The van der Waals surface area contributed by atoms with Crippen LogP contribution in [0.25, 0.3) is 0 Å². The van der Waals surface area contributed by atoms with Gasteiger partial charge < -0.3 is 10.3 Å². The summed E-state index contributed by atoms with van der Waals surface area (Å²) in [7, 11) is 0. The van der Waals surface area contributed by atoms with Crippen LogP contribution in [-0.2, 0) is 6.54 Å². The van der Waals surface area contributed by atoms with Gasteiger partial charge in [0.1, 0.15) is 0 Å². The minimum atomic E-state index is -2.72. The predicted octanol–water partition coefficient (Wildman–Crippen LogP) is 0.888. The van der Waals surface area contributed by atoms with Gasteiger partial charge in [-0.3, -0.25) is 0 Å². The summed E-state index contributed by atoms with van der Waals surface area (Å²) in [6.45, 7) is 0.0101. The number of alkyl halides is 2. The molecule has 0 atom stereocenters. The SMILES string of the molecule is Cl.NCc1noc(C(F)F)n1. The molecule has 0 aliphatic rings. The molecule has 0 saturated heterocycles. The molecule has 0 amide bonds. The number of hydrogen-bond acceptors (Lipinski definition) is 4. The van der Waals surface area contributed by atoms with Crippen LogP contribution in [0.15, 0.2) is 4.52 Å². The Kier molecular flexibility index (Phi) is 3.91. The van der Waals surface area contributed by atoms with Crippen LogP contribution in [0, 0.1) is 0 Å². The monoisotopic (exact) mass is 185 g/mol. The molecule has 0 radical (unpaired) electrons. The second-order valence-corrected chi connectivity index (χ2v) is 1.55. The van der Waals surface area contributed by atoms with Gasteiger partial charge in [0, 0.05) is 0 Å². The largest absolute Gasteiger partial charge is 0.333 e. The molecule has 11 heavy (non-hydrogen) atoms. The third kappa shape index (κ3) is 2.39. The van der Waals surface area contributed by atoms with Gasteiger partial charge in [-0.2, -0.15) is 13.8 Å². The lowest BCUT2D eigenvalue weighted by molar-refractivity contribution is 0.106. The van der Waals surface area contributed by atoms with Gasteiger partial charge in [0.2, 0.25) is 0 Å². The second kappa shape index (κ2) is 4.20. The van der Waals surface area contributed by atoms with Crippen LogP contribution in [0.3, 0.4) is 0 Å². The normalized spacial score (nSPS) is 9.82. The van der Waals surface area contributed by atoms with Crippen LogP contribution in [0.1, 0.15) is 18.1 Å². The average molecular weight is 186 g/mol. The standard InChI is InChI=1S/C4H5F2N3O.ClH/c5-3(6)4-8-2(1-7)9-10-4;/h3H,1,7H2;1H. The molecule has 0 aliphatic carbocycles. The molecule has 2 N–H and O–H groups in total. The topological polar surface area (TPSA) is 64.9 Å². The van der Waals surface area contributed by atoms with Crippen molar-refractivity contribution in [3.05, 3.63) is 11.7 Å². The lowest BCUT2D eigenvalue weighted by Crippen LogP contribution is -1.98. The Hall–Kier alpha value is -0.750. The molecule has 1 aromatic rings. The van der Waals surface area contributed by atoms with Crippen LogP contribution in [0.4, 0.5) is 8.78 Å². The molecule has 0 aliphatic heterocycles. The maximum atomic E-state index is 11.7. The van der Waals surface area contributed by atoms with E-state index in [1.807, 2.05) is 0 Å².